The molecule has 0 saturated carbocycles. The van der Waals surface area contributed by atoms with Crippen LogP contribution in [0.3, 0.4) is 0 Å². The van der Waals surface area contributed by atoms with Crippen molar-refractivity contribution in [1.29, 1.82) is 0 Å². The fraction of sp³-hybridized carbons (Fsp3) is 0.833. The van der Waals surface area contributed by atoms with E-state index in [2.05, 4.69) is 5.32 Å². The van der Waals surface area contributed by atoms with E-state index < -0.39 is 0 Å². The predicted octanol–water partition coefficient (Wildman–Crippen LogP) is 1.70. The molecule has 9 heavy (non-hydrogen) atoms. The summed E-state index contributed by atoms with van der Waals surface area (Å²) in [6.45, 7) is 5.42. The maximum Gasteiger partial charge on any atom is 0.0481 e. The van der Waals surface area contributed by atoms with Gasteiger partial charge in [-0.2, -0.15) is 0 Å². The molecule has 0 aromatic heterocycles. The van der Waals surface area contributed by atoms with Gasteiger partial charge in [0.25, 0.3) is 0 Å². The average Bonchev–Trinajstić information content (AvgIpc) is 1.65. The maximum atomic E-state index is 10.2. The normalized spacial score (nSPS) is 11.4. The molecule has 0 aliphatic carbocycles. The molecule has 3 heteroatoms. The molecule has 0 N–H and O–H groups in total. The maximum absolute atomic E-state index is 10.2. The van der Waals surface area contributed by atoms with Crippen LogP contribution in [0.5, 0.6) is 0 Å². The summed E-state index contributed by atoms with van der Waals surface area (Å²) in [5.41, 5.74) is 0. The minimum absolute atomic E-state index is 0. The van der Waals surface area contributed by atoms with Crippen molar-refractivity contribution in [3.05, 3.63) is 5.32 Å². The Morgan fingerprint density at radius 3 is 2.22 bits per heavy atom. The first-order valence-electron chi connectivity index (χ1n) is 2.88. The first-order valence-corrected chi connectivity index (χ1v) is 2.88. The minimum atomic E-state index is -0.0700. The SMILES string of the molecule is CCC(C)[N-]C(C)=O.[Y]. The molecule has 51 valence electrons. The second kappa shape index (κ2) is 6.69. The Morgan fingerprint density at radius 1 is 1.67 bits per heavy atom. The summed E-state index contributed by atoms with van der Waals surface area (Å²) < 4.78 is 0. The standard InChI is InChI=1S/C6H13NO.Y/c1-4-5(2)7-6(3)8;/h5H,4H2,1-3H3,(H,7,8);/p-1. The molecule has 0 fully saturated rings. The second-order valence-corrected chi connectivity index (χ2v) is 1.91. The van der Waals surface area contributed by atoms with Gasteiger partial charge in [-0.05, 0) is 6.92 Å². The smallest absolute Gasteiger partial charge is 0.0481 e. The molecular formula is C6H12NOY-. The van der Waals surface area contributed by atoms with Crippen LogP contribution in [0.15, 0.2) is 0 Å². The number of hydrogen-bond acceptors (Lipinski definition) is 1. The molecule has 0 spiro atoms. The van der Waals surface area contributed by atoms with E-state index in [0.717, 1.165) is 6.42 Å². The van der Waals surface area contributed by atoms with E-state index in [4.69, 9.17) is 0 Å². The number of amides is 1. The fourth-order valence-corrected chi connectivity index (χ4v) is 0.402. The molecule has 0 aromatic rings. The Balaban J connectivity index is 0. The van der Waals surface area contributed by atoms with Crippen LogP contribution in [-0.2, 0) is 37.5 Å². The zero-order valence-electron chi connectivity index (χ0n) is 6.22. The van der Waals surface area contributed by atoms with Crippen molar-refractivity contribution in [2.24, 2.45) is 0 Å². The van der Waals surface area contributed by atoms with Gasteiger partial charge in [0.05, 0.1) is 0 Å². The van der Waals surface area contributed by atoms with Crippen molar-refractivity contribution in [2.75, 3.05) is 0 Å². The number of hydrogen-bond donors (Lipinski definition) is 0. The summed E-state index contributed by atoms with van der Waals surface area (Å²) >= 11 is 0. The molecule has 0 aliphatic rings. The van der Waals surface area contributed by atoms with Crippen LogP contribution in [-0.4, -0.2) is 11.9 Å². The van der Waals surface area contributed by atoms with Crippen molar-refractivity contribution >= 4 is 5.91 Å². The fourth-order valence-electron chi connectivity index (χ4n) is 0.402. The monoisotopic (exact) mass is 203 g/mol. The van der Waals surface area contributed by atoms with Gasteiger partial charge in [-0.25, -0.2) is 0 Å². The number of rotatable bonds is 2. The van der Waals surface area contributed by atoms with Crippen molar-refractivity contribution in [1.82, 2.24) is 0 Å². The van der Waals surface area contributed by atoms with Crippen LogP contribution in [0.25, 0.3) is 5.32 Å². The topological polar surface area (TPSA) is 31.2 Å². The van der Waals surface area contributed by atoms with Crippen molar-refractivity contribution in [3.63, 3.8) is 0 Å². The summed E-state index contributed by atoms with van der Waals surface area (Å²) in [5.74, 6) is -0.0700. The number of carbonyl (C=O) groups is 1. The van der Waals surface area contributed by atoms with E-state index >= 15 is 0 Å². The van der Waals surface area contributed by atoms with Gasteiger partial charge in [0.15, 0.2) is 0 Å². The summed E-state index contributed by atoms with van der Waals surface area (Å²) in [6.07, 6.45) is 0.944. The molecule has 0 rings (SSSR count). The van der Waals surface area contributed by atoms with Gasteiger partial charge in [-0.1, -0.05) is 20.3 Å². The van der Waals surface area contributed by atoms with Crippen LogP contribution in [0.1, 0.15) is 27.2 Å². The zero-order chi connectivity index (χ0) is 6.57. The van der Waals surface area contributed by atoms with E-state index in [9.17, 15) is 4.79 Å². The molecule has 0 heterocycles. The summed E-state index contributed by atoms with van der Waals surface area (Å²) in [7, 11) is 0. The van der Waals surface area contributed by atoms with Crippen LogP contribution >= 0.6 is 0 Å². The third-order valence-corrected chi connectivity index (χ3v) is 0.993. The molecule has 0 bridgehead atoms. The van der Waals surface area contributed by atoms with E-state index in [1.807, 2.05) is 13.8 Å². The van der Waals surface area contributed by atoms with E-state index in [1.54, 1.807) is 0 Å². The Bertz CT molecular complexity index is 85.1. The van der Waals surface area contributed by atoms with Crippen molar-refractivity contribution in [2.45, 2.75) is 33.2 Å². The molecule has 2 nitrogen and oxygen atoms in total. The van der Waals surface area contributed by atoms with Gasteiger partial charge >= 0.3 is 0 Å². The largest absolute Gasteiger partial charge is 0.651 e. The third-order valence-electron chi connectivity index (χ3n) is 0.993. The molecule has 1 atom stereocenters. The van der Waals surface area contributed by atoms with Gasteiger partial charge in [0, 0.05) is 38.6 Å². The molecule has 1 amide bonds. The molecule has 0 aromatic carbocycles. The third kappa shape index (κ3) is 8.57. The van der Waals surface area contributed by atoms with E-state index in [1.165, 1.54) is 6.92 Å². The van der Waals surface area contributed by atoms with Gasteiger partial charge in [0.1, 0.15) is 0 Å². The minimum Gasteiger partial charge on any atom is -0.651 e. The van der Waals surface area contributed by atoms with Gasteiger partial charge in [0.2, 0.25) is 0 Å². The van der Waals surface area contributed by atoms with Crippen LogP contribution in [0.2, 0.25) is 0 Å². The molecule has 1 radical (unpaired) electrons. The quantitative estimate of drug-likeness (QED) is 0.671. The Morgan fingerprint density at radius 2 is 2.11 bits per heavy atom. The first-order chi connectivity index (χ1) is 3.66. The Labute approximate surface area is 81.7 Å². The van der Waals surface area contributed by atoms with Crippen molar-refractivity contribution in [3.8, 4) is 0 Å². The first kappa shape index (κ1) is 12.3. The molecule has 1 unspecified atom stereocenters. The zero-order valence-corrected chi connectivity index (χ0v) is 9.06. The average molecular weight is 203 g/mol. The van der Waals surface area contributed by atoms with E-state index in [-0.39, 0.29) is 44.7 Å². The van der Waals surface area contributed by atoms with Gasteiger partial charge < -0.3 is 10.1 Å². The second-order valence-electron chi connectivity index (χ2n) is 1.91. The Hall–Kier alpha value is 0.574. The van der Waals surface area contributed by atoms with Crippen molar-refractivity contribution < 1.29 is 37.5 Å². The summed E-state index contributed by atoms with van der Waals surface area (Å²) in [6, 6.07) is 0.201. The number of carbonyl (C=O) groups excluding carboxylic acids is 1. The molecule has 0 saturated heterocycles. The molecule has 0 aliphatic heterocycles. The predicted molar refractivity (Wildman–Crippen MR) is 33.8 cm³/mol. The summed E-state index contributed by atoms with van der Waals surface area (Å²) in [5, 5.41) is 3.76. The summed E-state index contributed by atoms with van der Waals surface area (Å²) in [4.78, 5) is 10.2. The van der Waals surface area contributed by atoms with Crippen LogP contribution in [0, 0.1) is 0 Å². The van der Waals surface area contributed by atoms with Crippen LogP contribution in [0.4, 0.5) is 0 Å². The van der Waals surface area contributed by atoms with Crippen LogP contribution < -0.4 is 0 Å². The van der Waals surface area contributed by atoms with Gasteiger partial charge in [-0.3, -0.25) is 0 Å². The van der Waals surface area contributed by atoms with Gasteiger partial charge in [-0.15, -0.1) is 6.04 Å². The molecular weight excluding hydrogens is 191 g/mol. The Kier molecular flexibility index (Phi) is 9.12. The van der Waals surface area contributed by atoms with E-state index in [0.29, 0.717) is 0 Å². The number of nitrogens with zero attached hydrogens (tertiary/aromatic N) is 1.